The SMILES string of the molecule is BC1=C(B)C(B)c2c1c(-c1cccc(-c3ccccc3)c1)c1c(B)c(B)c(B)c(B)c1c2C. The highest BCUT2D eigenvalue weighted by Gasteiger charge is 2.30. The van der Waals surface area contributed by atoms with Crippen LogP contribution in [0.3, 0.4) is 0 Å². The van der Waals surface area contributed by atoms with E-state index in [1.807, 2.05) is 0 Å². The molecule has 7 heteroatoms. The second kappa shape index (κ2) is 7.98. The van der Waals surface area contributed by atoms with Crippen LogP contribution in [0.25, 0.3) is 38.5 Å². The van der Waals surface area contributed by atoms with Crippen molar-refractivity contribution in [3.8, 4) is 22.3 Å². The summed E-state index contributed by atoms with van der Waals surface area (Å²) in [5.74, 6) is 0.460. The Morgan fingerprint density at radius 3 is 1.85 bits per heavy atom. The second-order valence-electron chi connectivity index (χ2n) is 10.0. The predicted molar refractivity (Wildman–Crippen MR) is 168 cm³/mol. The van der Waals surface area contributed by atoms with E-state index in [0.717, 1.165) is 0 Å². The minimum atomic E-state index is 0.460. The molecule has 1 unspecified atom stereocenters. The van der Waals surface area contributed by atoms with Gasteiger partial charge in [-0.3, -0.25) is 0 Å². The molecule has 0 amide bonds. The normalized spacial score (nSPS) is 15.2. The van der Waals surface area contributed by atoms with Gasteiger partial charge in [0.15, 0.2) is 0 Å². The summed E-state index contributed by atoms with van der Waals surface area (Å²) >= 11 is 0. The van der Waals surface area contributed by atoms with Crippen LogP contribution in [0.5, 0.6) is 0 Å². The average Bonchev–Trinajstić information content (AvgIpc) is 3.06. The summed E-state index contributed by atoms with van der Waals surface area (Å²) in [5.41, 5.74) is 18.4. The van der Waals surface area contributed by atoms with Crippen LogP contribution in [-0.2, 0) is 0 Å². The Bertz CT molecular complexity index is 1490. The summed E-state index contributed by atoms with van der Waals surface area (Å²) in [6.07, 6.45) is 0. The van der Waals surface area contributed by atoms with Crippen LogP contribution in [0.15, 0.2) is 60.1 Å². The quantitative estimate of drug-likeness (QED) is 0.309. The Labute approximate surface area is 204 Å². The van der Waals surface area contributed by atoms with Gasteiger partial charge < -0.3 is 0 Å². The number of hydrogen-bond acceptors (Lipinski definition) is 0. The number of fused-ring (bicyclic) bond motifs is 2. The zero-order chi connectivity index (χ0) is 23.6. The van der Waals surface area contributed by atoms with Crippen LogP contribution < -0.4 is 21.9 Å². The first kappa shape index (κ1) is 22.1. The van der Waals surface area contributed by atoms with Gasteiger partial charge >= 0.3 is 0 Å². The van der Waals surface area contributed by atoms with Crippen molar-refractivity contribution >= 4 is 93.0 Å². The summed E-state index contributed by atoms with van der Waals surface area (Å²) in [6, 6.07) is 19.9. The molecule has 0 N–H and O–H groups in total. The van der Waals surface area contributed by atoms with Crippen molar-refractivity contribution in [3.63, 3.8) is 0 Å². The standard InChI is InChI=1S/C26H27B7/c1-11-15-18(22(29)24(31)20(15)27)17(19-16(11)21(28)25(32)26(33)23(19)30)14-9-5-8-13(10-14)12-6-3-2-4-7-12/h2-10,20H,27-33H2,1H3. The molecule has 0 fully saturated rings. The highest BCUT2D eigenvalue weighted by Crippen LogP contribution is 2.47. The van der Waals surface area contributed by atoms with Crippen LogP contribution in [-0.4, -0.2) is 54.9 Å². The van der Waals surface area contributed by atoms with Crippen molar-refractivity contribution in [2.75, 3.05) is 0 Å². The molecule has 0 spiro atoms. The smallest absolute Gasteiger partial charge is 0.116 e. The van der Waals surface area contributed by atoms with Gasteiger partial charge in [-0.25, -0.2) is 0 Å². The third-order valence-corrected chi connectivity index (χ3v) is 8.54. The molecule has 152 valence electrons. The van der Waals surface area contributed by atoms with E-state index in [0.29, 0.717) is 5.82 Å². The molecule has 0 bridgehead atoms. The highest BCUT2D eigenvalue weighted by molar-refractivity contribution is 6.67. The van der Waals surface area contributed by atoms with Gasteiger partial charge in [-0.15, -0.1) is 16.4 Å². The van der Waals surface area contributed by atoms with Gasteiger partial charge in [0, 0.05) is 0 Å². The third kappa shape index (κ3) is 3.16. The topological polar surface area (TPSA) is 0 Å². The Morgan fingerprint density at radius 2 is 1.18 bits per heavy atom. The molecule has 4 aromatic carbocycles. The first-order valence-corrected chi connectivity index (χ1v) is 12.1. The molecule has 0 saturated heterocycles. The molecule has 1 aliphatic carbocycles. The molecular formula is C26H27B7. The van der Waals surface area contributed by atoms with E-state index in [9.17, 15) is 0 Å². The lowest BCUT2D eigenvalue weighted by atomic mass is 9.62. The van der Waals surface area contributed by atoms with Gasteiger partial charge in [0.2, 0.25) is 0 Å². The van der Waals surface area contributed by atoms with Gasteiger partial charge in [0.25, 0.3) is 0 Å². The molecule has 0 aliphatic heterocycles. The van der Waals surface area contributed by atoms with Crippen molar-refractivity contribution in [3.05, 3.63) is 76.8 Å². The fraction of sp³-hybridized carbons (Fsp3) is 0.0769. The molecule has 0 saturated carbocycles. The Kier molecular flexibility index (Phi) is 5.35. The summed E-state index contributed by atoms with van der Waals surface area (Å²) in [7, 11) is 16.3. The molecule has 1 atom stereocenters. The molecule has 0 radical (unpaired) electrons. The number of aryl methyl sites for hydroxylation is 1. The molecule has 0 nitrogen and oxygen atoms in total. The number of rotatable bonds is 2. The number of benzene rings is 4. The predicted octanol–water partition coefficient (Wildman–Crippen LogP) is -2.86. The van der Waals surface area contributed by atoms with E-state index >= 15 is 0 Å². The highest BCUT2D eigenvalue weighted by atomic mass is 14.3. The van der Waals surface area contributed by atoms with Gasteiger partial charge in [-0.1, -0.05) is 64.9 Å². The van der Waals surface area contributed by atoms with Gasteiger partial charge in [-0.05, 0) is 68.5 Å². The maximum absolute atomic E-state index is 2.40. The van der Waals surface area contributed by atoms with Crippen molar-refractivity contribution < 1.29 is 0 Å². The van der Waals surface area contributed by atoms with E-state index in [-0.39, 0.29) is 0 Å². The fourth-order valence-corrected chi connectivity index (χ4v) is 6.12. The number of allylic oxidation sites excluding steroid dienone is 1. The molecule has 5 rings (SSSR count). The maximum atomic E-state index is 2.40. The summed E-state index contributed by atoms with van der Waals surface area (Å²) in [6.45, 7) is 2.36. The van der Waals surface area contributed by atoms with E-state index in [1.54, 1.807) is 0 Å². The first-order chi connectivity index (χ1) is 15.7. The van der Waals surface area contributed by atoms with Crippen molar-refractivity contribution in [2.24, 2.45) is 0 Å². The lowest BCUT2D eigenvalue weighted by Gasteiger charge is -2.26. The van der Waals surface area contributed by atoms with E-state index in [1.165, 1.54) is 82.5 Å². The lowest BCUT2D eigenvalue weighted by molar-refractivity contribution is 1.19. The Hall–Kier alpha value is -2.67. The molecule has 33 heavy (non-hydrogen) atoms. The average molecular weight is 415 g/mol. The maximum Gasteiger partial charge on any atom is 0.139 e. The molecule has 4 aromatic rings. The van der Waals surface area contributed by atoms with Crippen LogP contribution >= 0.6 is 0 Å². The van der Waals surface area contributed by atoms with Gasteiger partial charge in [0.05, 0.1) is 0 Å². The van der Waals surface area contributed by atoms with Crippen molar-refractivity contribution in [1.29, 1.82) is 0 Å². The van der Waals surface area contributed by atoms with Gasteiger partial charge in [0.1, 0.15) is 54.9 Å². The monoisotopic (exact) mass is 416 g/mol. The van der Waals surface area contributed by atoms with Crippen LogP contribution in [0.1, 0.15) is 22.5 Å². The Balaban J connectivity index is 1.98. The molecular weight excluding hydrogens is 388 g/mol. The summed E-state index contributed by atoms with van der Waals surface area (Å²) in [4.78, 5) is 0. The third-order valence-electron chi connectivity index (χ3n) is 8.54. The Morgan fingerprint density at radius 1 is 0.606 bits per heavy atom. The van der Waals surface area contributed by atoms with Crippen LogP contribution in [0.2, 0.25) is 0 Å². The van der Waals surface area contributed by atoms with E-state index in [2.05, 4.69) is 116 Å². The number of hydrogen-bond donors (Lipinski definition) is 0. The first-order valence-electron chi connectivity index (χ1n) is 12.1. The zero-order valence-corrected chi connectivity index (χ0v) is 21.3. The molecule has 0 aromatic heterocycles. The van der Waals surface area contributed by atoms with E-state index < -0.39 is 0 Å². The second-order valence-corrected chi connectivity index (χ2v) is 10.0. The van der Waals surface area contributed by atoms with Crippen LogP contribution in [0.4, 0.5) is 0 Å². The largest absolute Gasteiger partial charge is 0.139 e. The van der Waals surface area contributed by atoms with E-state index in [4.69, 9.17) is 0 Å². The van der Waals surface area contributed by atoms with Gasteiger partial charge in [-0.2, -0.15) is 0 Å². The molecule has 1 aliphatic rings. The molecule has 0 heterocycles. The van der Waals surface area contributed by atoms with Crippen molar-refractivity contribution in [2.45, 2.75) is 12.7 Å². The minimum absolute atomic E-state index is 0.460. The minimum Gasteiger partial charge on any atom is -0.116 e. The van der Waals surface area contributed by atoms with Crippen LogP contribution in [0, 0.1) is 6.92 Å². The summed E-state index contributed by atoms with van der Waals surface area (Å²) in [5, 5.41) is 2.90. The van der Waals surface area contributed by atoms with Crippen molar-refractivity contribution in [1.82, 2.24) is 0 Å². The zero-order valence-electron chi connectivity index (χ0n) is 21.3. The fourth-order valence-electron chi connectivity index (χ4n) is 6.12. The lowest BCUT2D eigenvalue weighted by Crippen LogP contribution is -2.48. The summed E-state index contributed by atoms with van der Waals surface area (Å²) < 4.78 is 0.